The third-order valence-corrected chi connectivity index (χ3v) is 8.77. The van der Waals surface area contributed by atoms with Crippen LogP contribution in [0, 0.1) is 0 Å². The highest BCUT2D eigenvalue weighted by Crippen LogP contribution is 2.35. The average molecular weight is 545 g/mol. The predicted molar refractivity (Wildman–Crippen MR) is 148 cm³/mol. The van der Waals surface area contributed by atoms with E-state index < -0.39 is 17.1 Å². The van der Waals surface area contributed by atoms with Crippen LogP contribution in [-0.4, -0.2) is 127 Å². The smallest absolute Gasteiger partial charge is 0.256 e. The predicted octanol–water partition coefficient (Wildman–Crippen LogP) is 2.14. The number of hydrogen-bond acceptors (Lipinski definition) is 10. The summed E-state index contributed by atoms with van der Waals surface area (Å²) in [6.07, 6.45) is 0. The average Bonchev–Trinajstić information content (AvgIpc) is 2.92. The van der Waals surface area contributed by atoms with Crippen LogP contribution in [0.3, 0.4) is 0 Å². The van der Waals surface area contributed by atoms with Crippen molar-refractivity contribution in [2.75, 3.05) is 107 Å². The second-order valence-electron chi connectivity index (χ2n) is 9.55. The molecule has 0 spiro atoms. The maximum atomic E-state index is 6.05. The van der Waals surface area contributed by atoms with Gasteiger partial charge in [-0.15, -0.1) is 0 Å². The molecule has 2 saturated heterocycles. The lowest BCUT2D eigenvalue weighted by molar-refractivity contribution is 0.216. The third-order valence-electron chi connectivity index (χ3n) is 6.27. The van der Waals surface area contributed by atoms with Gasteiger partial charge in [-0.3, -0.25) is 0 Å². The summed E-state index contributed by atoms with van der Waals surface area (Å²) in [6, 6.07) is 8.58. The molecule has 0 atom stereocenters. The number of nitrogens with zero attached hydrogens (tertiary/aromatic N) is 4. The highest BCUT2D eigenvalue weighted by Gasteiger charge is 2.16. The van der Waals surface area contributed by atoms with Crippen molar-refractivity contribution in [1.82, 2.24) is 29.8 Å². The van der Waals surface area contributed by atoms with E-state index in [9.17, 15) is 0 Å². The molecule has 0 bridgehead atoms. The summed E-state index contributed by atoms with van der Waals surface area (Å²) in [5, 5.41) is 6.97. The van der Waals surface area contributed by atoms with E-state index in [-0.39, 0.29) is 0 Å². The minimum atomic E-state index is -1.13. The quantitative estimate of drug-likeness (QED) is 0.521. The Morgan fingerprint density at radius 2 is 0.917 bits per heavy atom. The lowest BCUT2D eigenvalue weighted by Gasteiger charge is -2.20. The Labute approximate surface area is 220 Å². The molecule has 1 aromatic carbocycles. The Morgan fingerprint density at radius 3 is 1.25 bits per heavy atom. The van der Waals surface area contributed by atoms with Crippen molar-refractivity contribution < 1.29 is 18.1 Å². The molecule has 0 radical (unpaired) electrons. The first kappa shape index (κ1) is 30.2. The summed E-state index contributed by atoms with van der Waals surface area (Å²) < 4.78 is 24.2. The molecular weight excluding hydrogens is 498 g/mol. The second-order valence-corrected chi connectivity index (χ2v) is 12.2. The standard InChI is InChI=1S/C24H46N6O4P2/c1-27-8-9-28(2)13-17-32-35(31-16-12-27)25-21-23-6-5-7-24(20-23)22-26-36-33-18-14-29(3)10-11-30(4)15-19-34-36/h5-7,20,25-26H,8-19,21-22H2,1-4H3. The molecule has 12 heteroatoms. The Bertz CT molecular complexity index is 652. The van der Waals surface area contributed by atoms with Crippen LogP contribution in [0.25, 0.3) is 0 Å². The fourth-order valence-electron chi connectivity index (χ4n) is 3.67. The molecule has 36 heavy (non-hydrogen) atoms. The van der Waals surface area contributed by atoms with Crippen LogP contribution in [0.5, 0.6) is 0 Å². The van der Waals surface area contributed by atoms with Crippen molar-refractivity contribution in [3.63, 3.8) is 0 Å². The molecule has 0 unspecified atom stereocenters. The van der Waals surface area contributed by atoms with Gasteiger partial charge in [-0.2, -0.15) is 0 Å². The van der Waals surface area contributed by atoms with E-state index in [1.165, 1.54) is 11.1 Å². The number of nitrogens with one attached hydrogen (secondary N) is 2. The van der Waals surface area contributed by atoms with Crippen LogP contribution >= 0.6 is 17.1 Å². The fourth-order valence-corrected chi connectivity index (χ4v) is 5.79. The minimum absolute atomic E-state index is 0.665. The summed E-state index contributed by atoms with van der Waals surface area (Å²) >= 11 is 0. The molecule has 0 saturated carbocycles. The molecule has 0 aliphatic carbocycles. The largest absolute Gasteiger partial charge is 0.321 e. The monoisotopic (exact) mass is 544 g/mol. The number of likely N-dealkylation sites (N-methyl/N-ethyl adjacent to an activating group) is 4. The van der Waals surface area contributed by atoms with Crippen LogP contribution in [-0.2, 0) is 31.2 Å². The Kier molecular flexibility index (Phi) is 14.5. The van der Waals surface area contributed by atoms with Crippen LogP contribution in [0.4, 0.5) is 0 Å². The minimum Gasteiger partial charge on any atom is -0.321 e. The Hall–Kier alpha value is -0.320. The van der Waals surface area contributed by atoms with Gasteiger partial charge >= 0.3 is 0 Å². The van der Waals surface area contributed by atoms with E-state index in [2.05, 4.69) is 82.2 Å². The van der Waals surface area contributed by atoms with Crippen molar-refractivity contribution in [2.45, 2.75) is 13.1 Å². The number of benzene rings is 1. The van der Waals surface area contributed by atoms with Crippen LogP contribution in [0.15, 0.2) is 24.3 Å². The number of hydrogen-bond donors (Lipinski definition) is 2. The van der Waals surface area contributed by atoms with Gasteiger partial charge in [-0.25, -0.2) is 10.2 Å². The zero-order valence-electron chi connectivity index (χ0n) is 22.5. The molecule has 2 aliphatic rings. The maximum absolute atomic E-state index is 6.05. The summed E-state index contributed by atoms with van der Waals surface area (Å²) in [5.74, 6) is 0. The molecule has 0 amide bonds. The summed E-state index contributed by atoms with van der Waals surface area (Å²) in [4.78, 5) is 9.21. The van der Waals surface area contributed by atoms with Gasteiger partial charge in [0.1, 0.15) is 0 Å². The topological polar surface area (TPSA) is 73.9 Å². The van der Waals surface area contributed by atoms with Gasteiger partial charge in [0.25, 0.3) is 17.1 Å². The molecule has 0 aromatic heterocycles. The fraction of sp³-hybridized carbons (Fsp3) is 0.750. The second kappa shape index (κ2) is 17.3. The van der Waals surface area contributed by atoms with Gasteiger partial charge < -0.3 is 37.7 Å². The normalized spacial score (nSPS) is 23.2. The van der Waals surface area contributed by atoms with Gasteiger partial charge in [-0.1, -0.05) is 24.3 Å². The molecule has 2 fully saturated rings. The Balaban J connectivity index is 1.46. The van der Waals surface area contributed by atoms with Gasteiger partial charge in [0.2, 0.25) is 0 Å². The van der Waals surface area contributed by atoms with Crippen LogP contribution in [0.1, 0.15) is 11.1 Å². The SMILES string of the molecule is CN1CCOP(NCc2cccc(CNP3OCCN(C)CCN(C)CCO3)c2)OCCN(C)CC1. The van der Waals surface area contributed by atoms with Crippen molar-refractivity contribution >= 4 is 17.1 Å². The maximum Gasteiger partial charge on any atom is 0.256 e. The van der Waals surface area contributed by atoms with E-state index in [0.29, 0.717) is 39.5 Å². The van der Waals surface area contributed by atoms with Crippen molar-refractivity contribution in [2.24, 2.45) is 0 Å². The van der Waals surface area contributed by atoms with E-state index >= 15 is 0 Å². The summed E-state index contributed by atoms with van der Waals surface area (Å²) in [7, 11) is 6.30. The molecule has 10 nitrogen and oxygen atoms in total. The van der Waals surface area contributed by atoms with E-state index in [1.807, 2.05) is 0 Å². The summed E-state index contributed by atoms with van der Waals surface area (Å²) in [6.45, 7) is 11.8. The molecule has 2 N–H and O–H groups in total. The Morgan fingerprint density at radius 1 is 0.583 bits per heavy atom. The van der Waals surface area contributed by atoms with Crippen LogP contribution in [0.2, 0.25) is 0 Å². The lowest BCUT2D eigenvalue weighted by Crippen LogP contribution is -2.33. The van der Waals surface area contributed by atoms with Crippen LogP contribution < -0.4 is 10.2 Å². The molecular formula is C24H46N6O4P2. The lowest BCUT2D eigenvalue weighted by atomic mass is 10.1. The third kappa shape index (κ3) is 12.5. The zero-order chi connectivity index (χ0) is 25.6. The molecule has 2 aliphatic heterocycles. The first-order valence-electron chi connectivity index (χ1n) is 12.9. The zero-order valence-corrected chi connectivity index (χ0v) is 24.3. The van der Waals surface area contributed by atoms with Crippen molar-refractivity contribution in [3.8, 4) is 0 Å². The van der Waals surface area contributed by atoms with Gasteiger partial charge in [0, 0.05) is 65.4 Å². The molecule has 2 heterocycles. The van der Waals surface area contributed by atoms with Gasteiger partial charge in [0.05, 0.1) is 26.4 Å². The first-order chi connectivity index (χ1) is 17.5. The van der Waals surface area contributed by atoms with E-state index in [4.69, 9.17) is 18.1 Å². The van der Waals surface area contributed by atoms with Crippen molar-refractivity contribution in [1.29, 1.82) is 0 Å². The molecule has 206 valence electrons. The molecule has 3 rings (SSSR count). The van der Waals surface area contributed by atoms with E-state index in [1.54, 1.807) is 0 Å². The summed E-state index contributed by atoms with van der Waals surface area (Å²) in [5.41, 5.74) is 2.40. The molecule has 1 aromatic rings. The van der Waals surface area contributed by atoms with Gasteiger partial charge in [-0.05, 0) is 39.3 Å². The van der Waals surface area contributed by atoms with E-state index in [0.717, 1.165) is 52.4 Å². The number of rotatable bonds is 6. The highest BCUT2D eigenvalue weighted by atomic mass is 31.2. The van der Waals surface area contributed by atoms with Gasteiger partial charge in [0.15, 0.2) is 0 Å². The highest BCUT2D eigenvalue weighted by molar-refractivity contribution is 7.45. The first-order valence-corrected chi connectivity index (χ1v) is 15.2. The van der Waals surface area contributed by atoms with Crippen molar-refractivity contribution in [3.05, 3.63) is 35.4 Å².